The van der Waals surface area contributed by atoms with E-state index in [1.54, 1.807) is 24.3 Å². The number of allylic oxidation sites excluding steroid dienone is 4. The largest absolute Gasteiger partial charge is 0.184 e. The summed E-state index contributed by atoms with van der Waals surface area (Å²) in [6.07, 6.45) is 11.0. The Labute approximate surface area is 293 Å². The van der Waals surface area contributed by atoms with E-state index in [1.807, 2.05) is 42.5 Å². The van der Waals surface area contributed by atoms with Crippen LogP contribution in [0.1, 0.15) is 70.2 Å². The minimum Gasteiger partial charge on any atom is -0.184 e. The SMILES string of the molecule is CC(C)(C)c1[c-]c2c(cc1)-c1ccc(C(C)(C)C)cc1C2.Cl.Cl.Clc1cc[c-]cc1.[C-]1=CC=CC1.[CH2]=[Zr].[c-]1ccccc1. The standard InChI is InChI=1S/C21H25.C6H4Cl.C6H5.C5H5.CH2.2ClH.Zr/c1-20(2,3)16-7-9-18-14(12-16)11-15-13-17(21(4,5)6)8-10-19(15)18;7-6-4-2-1-3-5-6;1-2-4-6-5-3-1;1-2-4-5-3-1;;;;/h7-10,12H,11H2,1-6H3;2-5H;1-5H;1-3H,4H2;1H2;2*1H;/q4*-1;;;;. The smallest absolute Gasteiger partial charge is 0.171 e. The summed E-state index contributed by atoms with van der Waals surface area (Å²) < 4.78 is 3.34. The molecule has 0 amide bonds. The van der Waals surface area contributed by atoms with Crippen molar-refractivity contribution in [2.24, 2.45) is 0 Å². The van der Waals surface area contributed by atoms with Crippen molar-refractivity contribution in [3.05, 3.63) is 155 Å². The Morgan fingerprint density at radius 2 is 1.35 bits per heavy atom. The van der Waals surface area contributed by atoms with Gasteiger partial charge in [0.05, 0.1) is 0 Å². The van der Waals surface area contributed by atoms with Gasteiger partial charge in [0.15, 0.2) is 0 Å². The van der Waals surface area contributed by atoms with Crippen LogP contribution in [-0.2, 0) is 41.5 Å². The van der Waals surface area contributed by atoms with Crippen LogP contribution in [-0.4, -0.2) is 4.21 Å². The molecule has 4 aromatic rings. The summed E-state index contributed by atoms with van der Waals surface area (Å²) in [5.74, 6) is 0. The third-order valence-electron chi connectivity index (χ3n) is 6.33. The van der Waals surface area contributed by atoms with E-state index in [9.17, 15) is 0 Å². The first kappa shape index (κ1) is 41.0. The third kappa shape index (κ3) is 14.5. The van der Waals surface area contributed by atoms with Crippen molar-refractivity contribution < 1.29 is 24.2 Å². The Morgan fingerprint density at radius 1 is 0.744 bits per heavy atom. The van der Waals surface area contributed by atoms with Crippen LogP contribution >= 0.6 is 36.4 Å². The van der Waals surface area contributed by atoms with Crippen LogP contribution in [0.3, 0.4) is 0 Å². The second kappa shape index (κ2) is 20.9. The molecule has 0 radical (unpaired) electrons. The Balaban J connectivity index is 0.000000654. The molecule has 2 aliphatic carbocycles. The topological polar surface area (TPSA) is 0 Å². The first-order valence-electron chi connectivity index (χ1n) is 13.8. The Kier molecular flexibility index (Phi) is 19.9. The van der Waals surface area contributed by atoms with Gasteiger partial charge in [0.1, 0.15) is 0 Å². The van der Waals surface area contributed by atoms with Gasteiger partial charge in [0.25, 0.3) is 0 Å². The van der Waals surface area contributed by atoms with Crippen molar-refractivity contribution in [2.45, 2.75) is 65.2 Å². The van der Waals surface area contributed by atoms with Crippen molar-refractivity contribution in [1.29, 1.82) is 0 Å². The first-order chi connectivity index (χ1) is 19.6. The molecule has 0 saturated heterocycles. The van der Waals surface area contributed by atoms with E-state index >= 15 is 0 Å². The molecular weight excluding hydrogens is 666 g/mol. The van der Waals surface area contributed by atoms with Gasteiger partial charge < -0.3 is 0 Å². The number of benzene rings is 4. The molecule has 0 nitrogen and oxygen atoms in total. The fraction of sp³-hybridized carbons (Fsp3) is 0.256. The fourth-order valence-corrected chi connectivity index (χ4v) is 4.20. The van der Waals surface area contributed by atoms with Gasteiger partial charge >= 0.3 is 28.4 Å². The molecular formula is C39H43Cl3Zr-4. The molecule has 0 unspecified atom stereocenters. The fourth-order valence-electron chi connectivity index (χ4n) is 4.08. The van der Waals surface area contributed by atoms with Gasteiger partial charge in [0.2, 0.25) is 0 Å². The summed E-state index contributed by atoms with van der Waals surface area (Å²) in [7, 11) is 0. The van der Waals surface area contributed by atoms with E-state index in [4.69, 9.17) is 11.6 Å². The molecule has 4 aromatic carbocycles. The molecule has 6 rings (SSSR count). The first-order valence-corrected chi connectivity index (χ1v) is 16.0. The van der Waals surface area contributed by atoms with E-state index in [0.29, 0.717) is 0 Å². The maximum Gasteiger partial charge on any atom is -0.171 e. The zero-order valence-electron chi connectivity index (χ0n) is 26.1. The molecule has 0 saturated carbocycles. The van der Waals surface area contributed by atoms with Crippen LogP contribution in [0.15, 0.2) is 103 Å². The van der Waals surface area contributed by atoms with Gasteiger partial charge in [-0.05, 0) is 28.4 Å². The Bertz CT molecular complexity index is 1280. The molecule has 0 N–H and O–H groups in total. The van der Waals surface area contributed by atoms with Gasteiger partial charge in [-0.3, -0.25) is 6.08 Å². The number of hydrogen-bond donors (Lipinski definition) is 0. The Morgan fingerprint density at radius 3 is 1.74 bits per heavy atom. The number of hydrogen-bond acceptors (Lipinski definition) is 0. The summed E-state index contributed by atoms with van der Waals surface area (Å²) >= 11 is 6.82. The van der Waals surface area contributed by atoms with Crippen LogP contribution in [0.4, 0.5) is 0 Å². The molecule has 0 heterocycles. The van der Waals surface area contributed by atoms with Crippen LogP contribution in [0.2, 0.25) is 5.02 Å². The minimum absolute atomic E-state index is 0. The molecule has 4 heteroatoms. The molecule has 2 aliphatic rings. The monoisotopic (exact) mass is 706 g/mol. The van der Waals surface area contributed by atoms with Crippen molar-refractivity contribution in [2.75, 3.05) is 0 Å². The molecule has 0 spiro atoms. The third-order valence-corrected chi connectivity index (χ3v) is 6.59. The summed E-state index contributed by atoms with van der Waals surface area (Å²) in [6, 6.07) is 37.7. The van der Waals surface area contributed by atoms with E-state index in [-0.39, 0.29) is 35.6 Å². The minimum atomic E-state index is 0. The second-order valence-corrected chi connectivity index (χ2v) is 12.0. The van der Waals surface area contributed by atoms with Crippen molar-refractivity contribution in [3.63, 3.8) is 0 Å². The van der Waals surface area contributed by atoms with E-state index in [2.05, 4.69) is 106 Å². The maximum absolute atomic E-state index is 5.52. The molecule has 0 atom stereocenters. The van der Waals surface area contributed by atoms with Gasteiger partial charge in [0, 0.05) is 0 Å². The number of halogens is 3. The molecule has 0 fully saturated rings. The van der Waals surface area contributed by atoms with Crippen LogP contribution in [0.25, 0.3) is 11.1 Å². The summed E-state index contributed by atoms with van der Waals surface area (Å²) in [6.45, 7) is 13.6. The van der Waals surface area contributed by atoms with E-state index < -0.39 is 0 Å². The van der Waals surface area contributed by atoms with Gasteiger partial charge in [-0.2, -0.15) is 96.6 Å². The quantitative estimate of drug-likeness (QED) is 0.141. The van der Waals surface area contributed by atoms with Crippen molar-refractivity contribution in [1.82, 2.24) is 0 Å². The molecule has 0 aliphatic heterocycles. The van der Waals surface area contributed by atoms with Crippen LogP contribution in [0, 0.1) is 24.3 Å². The average Bonchev–Trinajstić information content (AvgIpc) is 3.67. The zero-order chi connectivity index (χ0) is 30.3. The van der Waals surface area contributed by atoms with Crippen molar-refractivity contribution >= 4 is 40.6 Å². The Hall–Kier alpha value is -2.02. The zero-order valence-corrected chi connectivity index (χ0v) is 31.0. The summed E-state index contributed by atoms with van der Waals surface area (Å²) in [5.41, 5.74) is 8.70. The normalized spacial score (nSPS) is 11.5. The second-order valence-electron chi connectivity index (χ2n) is 11.6. The van der Waals surface area contributed by atoms with Crippen LogP contribution in [0.5, 0.6) is 0 Å². The number of rotatable bonds is 0. The summed E-state index contributed by atoms with van der Waals surface area (Å²) in [5, 5.41) is 0.763. The van der Waals surface area contributed by atoms with Gasteiger partial charge in [-0.15, -0.1) is 54.0 Å². The maximum atomic E-state index is 5.52. The van der Waals surface area contributed by atoms with Gasteiger partial charge in [-0.1, -0.05) is 70.3 Å². The van der Waals surface area contributed by atoms with Crippen LogP contribution < -0.4 is 0 Å². The predicted molar refractivity (Wildman–Crippen MR) is 190 cm³/mol. The number of fused-ring (bicyclic) bond motifs is 3. The molecule has 228 valence electrons. The van der Waals surface area contributed by atoms with E-state index in [0.717, 1.165) is 17.9 Å². The van der Waals surface area contributed by atoms with E-state index in [1.165, 1.54) is 57.6 Å². The molecule has 0 bridgehead atoms. The molecule has 0 aromatic heterocycles. The summed E-state index contributed by atoms with van der Waals surface area (Å²) in [4.78, 5) is 0. The average molecular weight is 709 g/mol. The van der Waals surface area contributed by atoms with Crippen molar-refractivity contribution in [3.8, 4) is 11.1 Å². The molecule has 43 heavy (non-hydrogen) atoms. The van der Waals surface area contributed by atoms with Gasteiger partial charge in [-0.25, -0.2) is 12.2 Å². The predicted octanol–water partition coefficient (Wildman–Crippen LogP) is 11.4.